The van der Waals surface area contributed by atoms with Crippen molar-refractivity contribution in [2.24, 2.45) is 5.73 Å². The predicted octanol–water partition coefficient (Wildman–Crippen LogP) is 2.67. The van der Waals surface area contributed by atoms with Gasteiger partial charge in [-0.05, 0) is 25.0 Å². The quantitative estimate of drug-likeness (QED) is 0.405. The molecule has 0 fully saturated rings. The molecule has 0 aromatic carbocycles. The van der Waals surface area contributed by atoms with Crippen molar-refractivity contribution in [2.75, 3.05) is 6.61 Å². The highest BCUT2D eigenvalue weighted by Crippen LogP contribution is 2.17. The summed E-state index contributed by atoms with van der Waals surface area (Å²) in [4.78, 5) is 24.8. The number of amides is 1. The fourth-order valence-electron chi connectivity index (χ4n) is 2.06. The molecule has 1 amide bonds. The molecule has 0 saturated carbocycles. The standard InChI is InChI=1S/C17H24N2O3S/c1-3-5-9-15(20)19-16(17(21)22-4-2)14(18)11-12-7-6-8-13(23)10-12/h6-7,10H,3-5,8-9,11,18H2,1-2H3,(H,19,20)/b16-14-. The maximum absolute atomic E-state index is 12.1. The molecule has 0 spiro atoms. The van der Waals surface area contributed by atoms with E-state index in [1.807, 2.05) is 25.2 Å². The maximum Gasteiger partial charge on any atom is 0.356 e. The van der Waals surface area contributed by atoms with Crippen LogP contribution in [0.15, 0.2) is 35.2 Å². The molecule has 0 saturated heterocycles. The zero-order valence-electron chi connectivity index (χ0n) is 13.7. The third kappa shape index (κ3) is 6.78. The lowest BCUT2D eigenvalue weighted by Crippen LogP contribution is -2.31. The molecular weight excluding hydrogens is 312 g/mol. The summed E-state index contributed by atoms with van der Waals surface area (Å²) < 4.78 is 4.99. The molecular formula is C17H24N2O3S. The van der Waals surface area contributed by atoms with E-state index in [9.17, 15) is 9.59 Å². The summed E-state index contributed by atoms with van der Waals surface area (Å²) in [6.45, 7) is 3.91. The molecule has 3 N–H and O–H groups in total. The molecule has 0 atom stereocenters. The third-order valence-corrected chi connectivity index (χ3v) is 3.50. The third-order valence-electron chi connectivity index (χ3n) is 3.21. The Morgan fingerprint density at radius 1 is 1.39 bits per heavy atom. The van der Waals surface area contributed by atoms with Gasteiger partial charge in [0.1, 0.15) is 5.70 Å². The van der Waals surface area contributed by atoms with Gasteiger partial charge in [-0.3, -0.25) is 4.79 Å². The average Bonchev–Trinajstić information content (AvgIpc) is 2.50. The molecule has 0 bridgehead atoms. The van der Waals surface area contributed by atoms with Crippen molar-refractivity contribution in [1.29, 1.82) is 0 Å². The molecule has 0 unspecified atom stereocenters. The van der Waals surface area contributed by atoms with Crippen molar-refractivity contribution in [3.8, 4) is 0 Å². The summed E-state index contributed by atoms with van der Waals surface area (Å²) in [5.74, 6) is -0.848. The number of carbonyl (C=O) groups excluding carboxylic acids is 2. The fraction of sp³-hybridized carbons (Fsp3) is 0.471. The second-order valence-corrected chi connectivity index (χ2v) is 5.77. The van der Waals surface area contributed by atoms with Crippen LogP contribution in [0, 0.1) is 0 Å². The van der Waals surface area contributed by atoms with Crippen LogP contribution in [0.1, 0.15) is 46.0 Å². The van der Waals surface area contributed by atoms with E-state index in [1.54, 1.807) is 6.92 Å². The summed E-state index contributed by atoms with van der Waals surface area (Å²) in [7, 11) is 0. The number of thiocarbonyl (C=S) groups is 1. The highest BCUT2D eigenvalue weighted by molar-refractivity contribution is 7.80. The average molecular weight is 336 g/mol. The molecule has 0 aromatic rings. The van der Waals surface area contributed by atoms with Crippen LogP contribution in [0.5, 0.6) is 0 Å². The van der Waals surface area contributed by atoms with Crippen molar-refractivity contribution in [2.45, 2.75) is 46.0 Å². The van der Waals surface area contributed by atoms with Gasteiger partial charge in [0.15, 0.2) is 0 Å². The van der Waals surface area contributed by atoms with Crippen LogP contribution in [0.25, 0.3) is 0 Å². The summed E-state index contributed by atoms with van der Waals surface area (Å²) in [5, 5.41) is 2.59. The predicted molar refractivity (Wildman–Crippen MR) is 94.6 cm³/mol. The van der Waals surface area contributed by atoms with Crippen LogP contribution in [-0.2, 0) is 14.3 Å². The number of rotatable bonds is 8. The fourth-order valence-corrected chi connectivity index (χ4v) is 2.31. The van der Waals surface area contributed by atoms with E-state index < -0.39 is 5.97 Å². The van der Waals surface area contributed by atoms with Crippen LogP contribution < -0.4 is 11.1 Å². The lowest BCUT2D eigenvalue weighted by Gasteiger charge is -2.14. The van der Waals surface area contributed by atoms with Gasteiger partial charge in [-0.25, -0.2) is 4.79 Å². The number of hydrogen-bond acceptors (Lipinski definition) is 5. The minimum absolute atomic E-state index is 0.0266. The zero-order valence-corrected chi connectivity index (χ0v) is 14.5. The second kappa shape index (κ2) is 9.94. The number of allylic oxidation sites excluding steroid dienone is 4. The van der Waals surface area contributed by atoms with E-state index in [0.717, 1.165) is 29.7 Å². The summed E-state index contributed by atoms with van der Waals surface area (Å²) in [5.41, 5.74) is 7.25. The highest BCUT2D eigenvalue weighted by Gasteiger charge is 2.18. The largest absolute Gasteiger partial charge is 0.461 e. The molecule has 0 aromatic heterocycles. The lowest BCUT2D eigenvalue weighted by atomic mass is 10.0. The van der Waals surface area contributed by atoms with Crippen LogP contribution in [0.4, 0.5) is 0 Å². The van der Waals surface area contributed by atoms with Crippen LogP contribution in [-0.4, -0.2) is 23.3 Å². The number of unbranched alkanes of at least 4 members (excludes halogenated alkanes) is 1. The summed E-state index contributed by atoms with van der Waals surface area (Å²) in [6.07, 6.45) is 8.81. The van der Waals surface area contributed by atoms with Crippen molar-refractivity contribution in [1.82, 2.24) is 5.32 Å². The highest BCUT2D eigenvalue weighted by atomic mass is 32.1. The molecule has 0 heterocycles. The van der Waals surface area contributed by atoms with Crippen molar-refractivity contribution in [3.63, 3.8) is 0 Å². The smallest absolute Gasteiger partial charge is 0.356 e. The van der Waals surface area contributed by atoms with Gasteiger partial charge in [-0.2, -0.15) is 0 Å². The van der Waals surface area contributed by atoms with Gasteiger partial charge in [0.25, 0.3) is 0 Å². The molecule has 126 valence electrons. The molecule has 1 aliphatic rings. The van der Waals surface area contributed by atoms with E-state index in [-0.39, 0.29) is 23.9 Å². The minimum atomic E-state index is -0.613. The number of hydrogen-bond donors (Lipinski definition) is 2. The van der Waals surface area contributed by atoms with E-state index >= 15 is 0 Å². The topological polar surface area (TPSA) is 81.4 Å². The Kier molecular flexibility index (Phi) is 8.26. The monoisotopic (exact) mass is 336 g/mol. The van der Waals surface area contributed by atoms with Gasteiger partial charge in [-0.1, -0.05) is 37.7 Å². The number of nitrogens with two attached hydrogens (primary N) is 1. The molecule has 0 radical (unpaired) electrons. The van der Waals surface area contributed by atoms with E-state index in [2.05, 4.69) is 5.32 Å². The van der Waals surface area contributed by atoms with Crippen molar-refractivity contribution in [3.05, 3.63) is 35.2 Å². The molecule has 0 aliphatic heterocycles. The molecule has 6 heteroatoms. The summed E-state index contributed by atoms with van der Waals surface area (Å²) >= 11 is 5.17. The number of nitrogens with one attached hydrogen (secondary N) is 1. The van der Waals surface area contributed by atoms with Gasteiger partial charge in [0.2, 0.25) is 5.91 Å². The summed E-state index contributed by atoms with van der Waals surface area (Å²) in [6, 6.07) is 0. The van der Waals surface area contributed by atoms with Gasteiger partial charge in [-0.15, -0.1) is 0 Å². The number of ether oxygens (including phenoxy) is 1. The van der Waals surface area contributed by atoms with Gasteiger partial charge >= 0.3 is 5.97 Å². The van der Waals surface area contributed by atoms with Crippen LogP contribution >= 0.6 is 12.2 Å². The van der Waals surface area contributed by atoms with Crippen molar-refractivity contribution < 1.29 is 14.3 Å². The first kappa shape index (κ1) is 19.1. The van der Waals surface area contributed by atoms with Crippen LogP contribution in [0.3, 0.4) is 0 Å². The number of carbonyl (C=O) groups is 2. The molecule has 1 aliphatic carbocycles. The van der Waals surface area contributed by atoms with E-state index in [4.69, 9.17) is 22.7 Å². The SMILES string of the molecule is CCCCC(=O)N/C(C(=O)OCC)=C(\N)CC1=CC(=S)CC=C1. The maximum atomic E-state index is 12.1. The van der Waals surface area contributed by atoms with Gasteiger partial charge in [0, 0.05) is 29.8 Å². The Hall–Kier alpha value is -1.95. The Bertz CT molecular complexity index is 562. The van der Waals surface area contributed by atoms with Gasteiger partial charge < -0.3 is 15.8 Å². The van der Waals surface area contributed by atoms with E-state index in [0.29, 0.717) is 12.8 Å². The minimum Gasteiger partial charge on any atom is -0.461 e. The Morgan fingerprint density at radius 2 is 2.13 bits per heavy atom. The Morgan fingerprint density at radius 3 is 2.74 bits per heavy atom. The normalized spacial score (nSPS) is 14.9. The molecule has 5 nitrogen and oxygen atoms in total. The van der Waals surface area contributed by atoms with Gasteiger partial charge in [0.05, 0.1) is 6.61 Å². The lowest BCUT2D eigenvalue weighted by molar-refractivity contribution is -0.140. The first-order chi connectivity index (χ1) is 11.0. The molecule has 23 heavy (non-hydrogen) atoms. The second-order valence-electron chi connectivity index (χ2n) is 5.24. The molecule has 1 rings (SSSR count). The zero-order chi connectivity index (χ0) is 17.2. The van der Waals surface area contributed by atoms with Crippen molar-refractivity contribution >= 4 is 29.0 Å². The first-order valence-electron chi connectivity index (χ1n) is 7.83. The van der Waals surface area contributed by atoms with E-state index in [1.165, 1.54) is 0 Å². The Balaban J connectivity index is 2.91. The van der Waals surface area contributed by atoms with Crippen LogP contribution in [0.2, 0.25) is 0 Å². The Labute approximate surface area is 142 Å². The number of esters is 1. The first-order valence-corrected chi connectivity index (χ1v) is 8.24.